The molecule has 0 aromatic heterocycles. The van der Waals surface area contributed by atoms with Crippen LogP contribution in [0.3, 0.4) is 0 Å². The Hall–Kier alpha value is -3.17. The standard InChI is InChI=1S/C29H34BrN3O4S/c1-29(2,3)31-28(35)26(18-22-12-7-5-8-13-22)32(20-23-14-9-6-10-15-23)27(34)21-33(38(4,36)37)25-17-11-16-24(30)19-25/h5-17,19,26H,18,20-21H2,1-4H3,(H,31,35)/t26-/m0/s1. The van der Waals surface area contributed by atoms with Crippen molar-refractivity contribution >= 4 is 43.5 Å². The van der Waals surface area contributed by atoms with Crippen LogP contribution in [0.1, 0.15) is 31.9 Å². The normalized spacial score (nSPS) is 12.4. The third-order valence-electron chi connectivity index (χ3n) is 5.74. The molecule has 9 heteroatoms. The largest absolute Gasteiger partial charge is 0.350 e. The minimum absolute atomic E-state index is 0.144. The molecule has 7 nitrogen and oxygen atoms in total. The zero-order chi connectivity index (χ0) is 27.9. The van der Waals surface area contributed by atoms with Crippen molar-refractivity contribution in [3.63, 3.8) is 0 Å². The number of sulfonamides is 1. The Bertz CT molecular complexity index is 1340. The monoisotopic (exact) mass is 599 g/mol. The van der Waals surface area contributed by atoms with Gasteiger partial charge in [-0.05, 0) is 50.1 Å². The van der Waals surface area contributed by atoms with E-state index in [1.54, 1.807) is 24.3 Å². The second-order valence-electron chi connectivity index (χ2n) is 10.2. The van der Waals surface area contributed by atoms with Gasteiger partial charge in [0, 0.05) is 23.0 Å². The number of benzene rings is 3. The molecule has 38 heavy (non-hydrogen) atoms. The number of hydrogen-bond acceptors (Lipinski definition) is 4. The van der Waals surface area contributed by atoms with E-state index in [1.807, 2.05) is 81.4 Å². The third kappa shape index (κ3) is 8.70. The first-order valence-electron chi connectivity index (χ1n) is 12.3. The number of carbonyl (C=O) groups is 2. The number of nitrogens with zero attached hydrogens (tertiary/aromatic N) is 2. The molecule has 3 aromatic rings. The first-order valence-corrected chi connectivity index (χ1v) is 14.9. The number of rotatable bonds is 10. The van der Waals surface area contributed by atoms with Crippen LogP contribution in [0.5, 0.6) is 0 Å². The van der Waals surface area contributed by atoms with Crippen molar-refractivity contribution in [2.75, 3.05) is 17.1 Å². The minimum Gasteiger partial charge on any atom is -0.350 e. The highest BCUT2D eigenvalue weighted by atomic mass is 79.9. The van der Waals surface area contributed by atoms with Crippen LogP contribution in [-0.4, -0.2) is 49.5 Å². The van der Waals surface area contributed by atoms with E-state index in [1.165, 1.54) is 4.90 Å². The lowest BCUT2D eigenvalue weighted by molar-refractivity contribution is -0.140. The molecule has 0 fully saturated rings. The molecule has 0 radical (unpaired) electrons. The van der Waals surface area contributed by atoms with Gasteiger partial charge < -0.3 is 10.2 Å². The van der Waals surface area contributed by atoms with Crippen LogP contribution >= 0.6 is 15.9 Å². The molecule has 0 aliphatic rings. The van der Waals surface area contributed by atoms with Crippen LogP contribution in [0.4, 0.5) is 5.69 Å². The SMILES string of the molecule is CC(C)(C)NC(=O)[C@H](Cc1ccccc1)N(Cc1ccccc1)C(=O)CN(c1cccc(Br)c1)S(C)(=O)=O. The maximum Gasteiger partial charge on any atom is 0.244 e. The van der Waals surface area contributed by atoms with Gasteiger partial charge in [-0.3, -0.25) is 13.9 Å². The number of carbonyl (C=O) groups excluding carboxylic acids is 2. The first kappa shape index (κ1) is 29.4. The molecule has 0 heterocycles. The van der Waals surface area contributed by atoms with Gasteiger partial charge in [0.1, 0.15) is 12.6 Å². The quantitative estimate of drug-likeness (QED) is 0.364. The molecule has 3 aromatic carbocycles. The van der Waals surface area contributed by atoms with Gasteiger partial charge in [0.25, 0.3) is 0 Å². The molecule has 2 amide bonds. The van der Waals surface area contributed by atoms with Gasteiger partial charge in [-0.25, -0.2) is 8.42 Å². The molecule has 0 bridgehead atoms. The summed E-state index contributed by atoms with van der Waals surface area (Å²) in [5, 5.41) is 3.01. The number of halogens is 1. The van der Waals surface area contributed by atoms with Crippen molar-refractivity contribution in [3.8, 4) is 0 Å². The Labute approximate surface area is 234 Å². The molecule has 0 aliphatic carbocycles. The van der Waals surface area contributed by atoms with E-state index in [0.717, 1.165) is 21.7 Å². The predicted molar refractivity (Wildman–Crippen MR) is 155 cm³/mol. The van der Waals surface area contributed by atoms with Crippen LogP contribution in [0.15, 0.2) is 89.4 Å². The van der Waals surface area contributed by atoms with E-state index >= 15 is 0 Å². The highest BCUT2D eigenvalue weighted by Crippen LogP contribution is 2.23. The molecule has 0 unspecified atom stereocenters. The summed E-state index contributed by atoms with van der Waals surface area (Å²) in [5.41, 5.74) is 1.55. The van der Waals surface area contributed by atoms with Crippen LogP contribution in [0.25, 0.3) is 0 Å². The summed E-state index contributed by atoms with van der Waals surface area (Å²) in [6.07, 6.45) is 1.34. The summed E-state index contributed by atoms with van der Waals surface area (Å²) in [7, 11) is -3.81. The Balaban J connectivity index is 2.05. The fraction of sp³-hybridized carbons (Fsp3) is 0.310. The lowest BCUT2D eigenvalue weighted by Crippen LogP contribution is -2.56. The van der Waals surface area contributed by atoms with Gasteiger partial charge in [-0.2, -0.15) is 0 Å². The predicted octanol–water partition coefficient (Wildman–Crippen LogP) is 4.77. The minimum atomic E-state index is -3.81. The smallest absolute Gasteiger partial charge is 0.244 e. The van der Waals surface area contributed by atoms with E-state index < -0.39 is 34.1 Å². The summed E-state index contributed by atoms with van der Waals surface area (Å²) in [4.78, 5) is 29.1. The van der Waals surface area contributed by atoms with Gasteiger partial charge in [0.05, 0.1) is 11.9 Å². The Morgan fingerprint density at radius 1 is 0.895 bits per heavy atom. The Morgan fingerprint density at radius 2 is 1.47 bits per heavy atom. The molecular formula is C29H34BrN3O4S. The van der Waals surface area contributed by atoms with E-state index in [-0.39, 0.29) is 18.9 Å². The maximum atomic E-state index is 14.0. The van der Waals surface area contributed by atoms with Crippen LogP contribution < -0.4 is 9.62 Å². The number of anilines is 1. The van der Waals surface area contributed by atoms with Gasteiger partial charge >= 0.3 is 0 Å². The first-order chi connectivity index (χ1) is 17.8. The number of amides is 2. The molecule has 202 valence electrons. The molecule has 0 aliphatic heterocycles. The second kappa shape index (κ2) is 12.6. The number of nitrogens with one attached hydrogen (secondary N) is 1. The molecule has 0 spiro atoms. The molecule has 3 rings (SSSR count). The maximum absolute atomic E-state index is 14.0. The summed E-state index contributed by atoms with van der Waals surface area (Å²) >= 11 is 3.37. The third-order valence-corrected chi connectivity index (χ3v) is 7.37. The lowest BCUT2D eigenvalue weighted by atomic mass is 10.0. The average molecular weight is 601 g/mol. The Morgan fingerprint density at radius 3 is 2.00 bits per heavy atom. The summed E-state index contributed by atoms with van der Waals surface area (Å²) < 4.78 is 27.4. The van der Waals surface area contributed by atoms with Crippen molar-refractivity contribution in [2.24, 2.45) is 0 Å². The fourth-order valence-electron chi connectivity index (χ4n) is 4.03. The molecular weight excluding hydrogens is 566 g/mol. The van der Waals surface area contributed by atoms with Crippen LogP contribution in [0.2, 0.25) is 0 Å². The van der Waals surface area contributed by atoms with Gasteiger partial charge in [-0.15, -0.1) is 0 Å². The van der Waals surface area contributed by atoms with Crippen molar-refractivity contribution < 1.29 is 18.0 Å². The van der Waals surface area contributed by atoms with Gasteiger partial charge in [0.2, 0.25) is 21.8 Å². The van der Waals surface area contributed by atoms with E-state index in [0.29, 0.717) is 10.2 Å². The van der Waals surface area contributed by atoms with Crippen molar-refractivity contribution in [2.45, 2.75) is 45.3 Å². The zero-order valence-corrected chi connectivity index (χ0v) is 24.5. The van der Waals surface area contributed by atoms with Gasteiger partial charge in [-0.1, -0.05) is 82.7 Å². The second-order valence-corrected chi connectivity index (χ2v) is 13.0. The van der Waals surface area contributed by atoms with E-state index in [9.17, 15) is 18.0 Å². The Kier molecular flexibility index (Phi) is 9.73. The zero-order valence-electron chi connectivity index (χ0n) is 22.1. The van der Waals surface area contributed by atoms with Crippen LogP contribution in [0, 0.1) is 0 Å². The van der Waals surface area contributed by atoms with E-state index in [2.05, 4.69) is 21.2 Å². The molecule has 0 saturated heterocycles. The summed E-state index contributed by atoms with van der Waals surface area (Å²) in [6.45, 7) is 5.34. The highest BCUT2D eigenvalue weighted by molar-refractivity contribution is 9.10. The summed E-state index contributed by atoms with van der Waals surface area (Å²) in [5.74, 6) is -0.789. The highest BCUT2D eigenvalue weighted by Gasteiger charge is 2.34. The molecule has 1 N–H and O–H groups in total. The van der Waals surface area contributed by atoms with Crippen molar-refractivity contribution in [3.05, 3.63) is 101 Å². The lowest BCUT2D eigenvalue weighted by Gasteiger charge is -2.35. The van der Waals surface area contributed by atoms with Crippen molar-refractivity contribution in [1.82, 2.24) is 10.2 Å². The van der Waals surface area contributed by atoms with Crippen LogP contribution in [-0.2, 0) is 32.6 Å². The van der Waals surface area contributed by atoms with Gasteiger partial charge in [0.15, 0.2) is 0 Å². The van der Waals surface area contributed by atoms with Crippen molar-refractivity contribution in [1.29, 1.82) is 0 Å². The fourth-order valence-corrected chi connectivity index (χ4v) is 5.26. The average Bonchev–Trinajstić information content (AvgIpc) is 2.84. The summed E-state index contributed by atoms with van der Waals surface area (Å²) in [6, 6.07) is 24.7. The number of hydrogen-bond donors (Lipinski definition) is 1. The molecule has 1 atom stereocenters. The van der Waals surface area contributed by atoms with E-state index in [4.69, 9.17) is 0 Å². The topological polar surface area (TPSA) is 86.8 Å². The molecule has 0 saturated carbocycles.